The molecule has 1 aliphatic heterocycles. The van der Waals surface area contributed by atoms with Gasteiger partial charge in [0.05, 0.1) is 38.7 Å². The summed E-state index contributed by atoms with van der Waals surface area (Å²) in [5.41, 5.74) is 1.09. The van der Waals surface area contributed by atoms with Crippen molar-refractivity contribution >= 4 is 34.9 Å². The van der Waals surface area contributed by atoms with Crippen LogP contribution in [0.3, 0.4) is 0 Å². The number of ether oxygens (including phenoxy) is 2. The molecule has 10 heteroatoms. The first kappa shape index (κ1) is 21.3. The zero-order valence-electron chi connectivity index (χ0n) is 15.8. The van der Waals surface area contributed by atoms with Gasteiger partial charge in [-0.05, 0) is 13.3 Å². The topological polar surface area (TPSA) is 97.3 Å². The Bertz CT molecular complexity index is 813. The van der Waals surface area contributed by atoms with Gasteiger partial charge in [0, 0.05) is 24.3 Å². The molecule has 2 rings (SSSR count). The van der Waals surface area contributed by atoms with E-state index in [0.29, 0.717) is 5.71 Å². The molecule has 1 amide bonds. The Kier molecular flexibility index (Phi) is 7.02. The van der Waals surface area contributed by atoms with Crippen molar-refractivity contribution < 1.29 is 32.6 Å². The van der Waals surface area contributed by atoms with Crippen LogP contribution in [0.5, 0.6) is 0 Å². The summed E-state index contributed by atoms with van der Waals surface area (Å²) in [6.45, 7) is 1.70. The third-order valence-corrected chi connectivity index (χ3v) is 4.11. The first-order chi connectivity index (χ1) is 13.2. The van der Waals surface area contributed by atoms with Crippen LogP contribution in [0, 0.1) is 11.6 Å². The second-order valence-corrected chi connectivity index (χ2v) is 6.22. The number of methoxy groups -OCH3 is 2. The van der Waals surface area contributed by atoms with Crippen molar-refractivity contribution in [1.82, 2.24) is 5.32 Å². The van der Waals surface area contributed by atoms with E-state index in [4.69, 9.17) is 0 Å². The second kappa shape index (κ2) is 9.25. The van der Waals surface area contributed by atoms with Crippen molar-refractivity contribution in [3.8, 4) is 0 Å². The minimum Gasteiger partial charge on any atom is -0.469 e. The molecule has 0 saturated carbocycles. The van der Waals surface area contributed by atoms with Crippen molar-refractivity contribution in [3.05, 3.63) is 23.8 Å². The molecule has 8 nitrogen and oxygen atoms in total. The SMILES string of the molecule is COC(=O)CC[C@H](NC(=O)CN1CC(C)=Nc2cc(F)c(F)cc21)C(=O)OC. The molecular weight excluding hydrogens is 376 g/mol. The quantitative estimate of drug-likeness (QED) is 0.700. The fourth-order valence-corrected chi connectivity index (χ4v) is 2.78. The van der Waals surface area contributed by atoms with Crippen molar-refractivity contribution in [1.29, 1.82) is 0 Å². The number of anilines is 1. The van der Waals surface area contributed by atoms with Crippen LogP contribution >= 0.6 is 0 Å². The first-order valence-corrected chi connectivity index (χ1v) is 8.47. The maximum Gasteiger partial charge on any atom is 0.328 e. The largest absolute Gasteiger partial charge is 0.469 e. The van der Waals surface area contributed by atoms with Gasteiger partial charge in [-0.1, -0.05) is 0 Å². The van der Waals surface area contributed by atoms with Gasteiger partial charge in [0.25, 0.3) is 0 Å². The van der Waals surface area contributed by atoms with Crippen LogP contribution in [-0.4, -0.2) is 56.9 Å². The molecule has 1 aliphatic rings. The Morgan fingerprint density at radius 2 is 1.89 bits per heavy atom. The molecule has 0 spiro atoms. The maximum atomic E-state index is 13.6. The molecule has 1 heterocycles. The Balaban J connectivity index is 2.11. The van der Waals surface area contributed by atoms with Crippen molar-refractivity contribution in [2.24, 2.45) is 4.99 Å². The number of esters is 2. The summed E-state index contributed by atoms with van der Waals surface area (Å²) in [5, 5.41) is 2.50. The second-order valence-electron chi connectivity index (χ2n) is 6.22. The number of hydrogen-bond donors (Lipinski definition) is 1. The molecule has 1 N–H and O–H groups in total. The van der Waals surface area contributed by atoms with E-state index in [0.717, 1.165) is 19.2 Å². The van der Waals surface area contributed by atoms with Gasteiger partial charge in [0.15, 0.2) is 11.6 Å². The zero-order chi connectivity index (χ0) is 20.8. The van der Waals surface area contributed by atoms with Gasteiger partial charge in [-0.2, -0.15) is 0 Å². The number of nitrogens with one attached hydrogen (secondary N) is 1. The summed E-state index contributed by atoms with van der Waals surface area (Å²) >= 11 is 0. The van der Waals surface area contributed by atoms with Crippen LogP contribution in [0.15, 0.2) is 17.1 Å². The number of halogens is 2. The molecule has 0 unspecified atom stereocenters. The van der Waals surface area contributed by atoms with Crippen molar-refractivity contribution in [2.45, 2.75) is 25.8 Å². The molecule has 1 atom stereocenters. The lowest BCUT2D eigenvalue weighted by atomic mass is 10.1. The first-order valence-electron chi connectivity index (χ1n) is 8.47. The Labute approximate surface area is 160 Å². The van der Waals surface area contributed by atoms with E-state index < -0.39 is 35.5 Å². The highest BCUT2D eigenvalue weighted by molar-refractivity contribution is 5.97. The van der Waals surface area contributed by atoms with Crippen LogP contribution in [0.25, 0.3) is 0 Å². The van der Waals surface area contributed by atoms with E-state index in [1.54, 1.807) is 6.92 Å². The molecular formula is C18H21F2N3O5. The number of hydrogen-bond acceptors (Lipinski definition) is 7. The standard InChI is InChI=1S/C18H21F2N3O5/c1-10-8-23(15-7-12(20)11(19)6-14(15)21-10)9-16(24)22-13(18(26)28-3)4-5-17(25)27-2/h6-7,13H,4-5,8-9H2,1-3H3,(H,22,24)/t13-/m0/s1. The molecule has 1 aromatic rings. The molecule has 0 fully saturated rings. The molecule has 0 bridgehead atoms. The van der Waals surface area contributed by atoms with Crippen LogP contribution < -0.4 is 10.2 Å². The highest BCUT2D eigenvalue weighted by Gasteiger charge is 2.26. The zero-order valence-corrected chi connectivity index (χ0v) is 15.8. The molecule has 152 valence electrons. The van der Waals surface area contributed by atoms with Gasteiger partial charge in [0.1, 0.15) is 6.04 Å². The van der Waals surface area contributed by atoms with Crippen LogP contribution in [0.4, 0.5) is 20.2 Å². The highest BCUT2D eigenvalue weighted by atomic mass is 19.2. The van der Waals surface area contributed by atoms with Crippen molar-refractivity contribution in [3.63, 3.8) is 0 Å². The Morgan fingerprint density at radius 1 is 1.21 bits per heavy atom. The lowest BCUT2D eigenvalue weighted by Gasteiger charge is -2.29. The minimum absolute atomic E-state index is 0.00198. The average molecular weight is 397 g/mol. The van der Waals surface area contributed by atoms with E-state index in [1.807, 2.05) is 0 Å². The molecule has 28 heavy (non-hydrogen) atoms. The molecule has 0 aromatic heterocycles. The summed E-state index contributed by atoms with van der Waals surface area (Å²) in [5.74, 6) is -3.87. The van der Waals surface area contributed by atoms with E-state index >= 15 is 0 Å². The van der Waals surface area contributed by atoms with Crippen LogP contribution in [0.1, 0.15) is 19.8 Å². The summed E-state index contributed by atoms with van der Waals surface area (Å²) in [7, 11) is 2.38. The summed E-state index contributed by atoms with van der Waals surface area (Å²) in [4.78, 5) is 41.3. The average Bonchev–Trinajstić information content (AvgIpc) is 2.65. The predicted octanol–water partition coefficient (Wildman–Crippen LogP) is 1.49. The highest BCUT2D eigenvalue weighted by Crippen LogP contribution is 2.34. The molecule has 0 saturated heterocycles. The Hall–Kier alpha value is -3.04. The monoisotopic (exact) mass is 397 g/mol. The van der Waals surface area contributed by atoms with Gasteiger partial charge in [-0.15, -0.1) is 0 Å². The van der Waals surface area contributed by atoms with Gasteiger partial charge < -0.3 is 19.7 Å². The maximum absolute atomic E-state index is 13.6. The van der Waals surface area contributed by atoms with Gasteiger partial charge in [-0.3, -0.25) is 14.6 Å². The number of carbonyl (C=O) groups is 3. The van der Waals surface area contributed by atoms with Crippen LogP contribution in [-0.2, 0) is 23.9 Å². The smallest absolute Gasteiger partial charge is 0.328 e. The molecule has 0 aliphatic carbocycles. The lowest BCUT2D eigenvalue weighted by Crippen LogP contribution is -2.47. The van der Waals surface area contributed by atoms with Crippen LogP contribution in [0.2, 0.25) is 0 Å². The van der Waals surface area contributed by atoms with Gasteiger partial charge >= 0.3 is 11.9 Å². The van der Waals surface area contributed by atoms with E-state index in [9.17, 15) is 23.2 Å². The van der Waals surface area contributed by atoms with Gasteiger partial charge in [0.2, 0.25) is 5.91 Å². The number of rotatable bonds is 7. The molecule has 1 aromatic carbocycles. The van der Waals surface area contributed by atoms with Crippen molar-refractivity contribution in [2.75, 3.05) is 32.2 Å². The summed E-state index contributed by atoms with van der Waals surface area (Å²) in [6.07, 6.45) is -0.0820. The van der Waals surface area contributed by atoms with Gasteiger partial charge in [-0.25, -0.2) is 13.6 Å². The normalized spacial score (nSPS) is 13.9. The minimum atomic E-state index is -1.05. The summed E-state index contributed by atoms with van der Waals surface area (Å²) < 4.78 is 36.3. The summed E-state index contributed by atoms with van der Waals surface area (Å²) in [6, 6.07) is 0.898. The fourth-order valence-electron chi connectivity index (χ4n) is 2.78. The fraction of sp³-hybridized carbons (Fsp3) is 0.444. The van der Waals surface area contributed by atoms with E-state index in [1.165, 1.54) is 12.0 Å². The molecule has 0 radical (unpaired) electrons. The number of fused-ring (bicyclic) bond motifs is 1. The number of carbonyl (C=O) groups excluding carboxylic acids is 3. The number of aliphatic imine (C=N–C) groups is 1. The third-order valence-electron chi connectivity index (χ3n) is 4.11. The predicted molar refractivity (Wildman–Crippen MR) is 96.5 cm³/mol. The number of benzene rings is 1. The lowest BCUT2D eigenvalue weighted by molar-refractivity contribution is -0.146. The number of amides is 1. The van der Waals surface area contributed by atoms with E-state index in [2.05, 4.69) is 19.8 Å². The third kappa shape index (κ3) is 5.24. The Morgan fingerprint density at radius 3 is 2.54 bits per heavy atom. The van der Waals surface area contributed by atoms with E-state index in [-0.39, 0.29) is 37.3 Å². The number of nitrogens with zero attached hydrogens (tertiary/aromatic N) is 2.